The molecule has 1 saturated heterocycles. The van der Waals surface area contributed by atoms with Crippen LogP contribution in [0.2, 0.25) is 0 Å². The van der Waals surface area contributed by atoms with Gasteiger partial charge in [-0.2, -0.15) is 0 Å². The van der Waals surface area contributed by atoms with Crippen LogP contribution in [0.4, 0.5) is 5.69 Å². The highest BCUT2D eigenvalue weighted by atomic mass is 16.2. The Kier molecular flexibility index (Phi) is 5.95. The molecule has 0 unspecified atom stereocenters. The summed E-state index contributed by atoms with van der Waals surface area (Å²) in [6, 6.07) is 15.5. The minimum absolute atomic E-state index is 0.0946. The number of amides is 3. The van der Waals surface area contributed by atoms with E-state index in [9.17, 15) is 14.4 Å². The number of aryl methyl sites for hydroxylation is 1. The van der Waals surface area contributed by atoms with Gasteiger partial charge in [-0.05, 0) is 68.5 Å². The fourth-order valence-electron chi connectivity index (χ4n) is 4.29. The number of anilines is 1. The molecular formula is C24H27N3O3. The summed E-state index contributed by atoms with van der Waals surface area (Å²) in [5, 5.41) is 2.86. The van der Waals surface area contributed by atoms with Gasteiger partial charge in [-0.25, -0.2) is 0 Å². The number of hydrogen-bond donors (Lipinski definition) is 1. The minimum Gasteiger partial charge on any atom is -0.325 e. The van der Waals surface area contributed by atoms with Gasteiger partial charge in [0.1, 0.15) is 0 Å². The van der Waals surface area contributed by atoms with E-state index in [1.54, 1.807) is 18.2 Å². The molecule has 156 valence electrons. The van der Waals surface area contributed by atoms with Crippen molar-refractivity contribution in [3.63, 3.8) is 0 Å². The number of carbonyl (C=O) groups is 3. The quantitative estimate of drug-likeness (QED) is 0.750. The standard InChI is InChI=1S/C24H27N3O3/c1-26-23(29)20-10-9-19(15-21(20)24(26)30)25-22(28)16-27-13-11-18(12-14-27)8-7-17-5-3-2-4-6-17/h2-6,9-10,15,18H,7-8,11-14,16H2,1H3,(H,25,28). The molecule has 2 aromatic rings. The molecule has 6 nitrogen and oxygen atoms in total. The second-order valence-electron chi connectivity index (χ2n) is 8.22. The van der Waals surface area contributed by atoms with E-state index < -0.39 is 0 Å². The van der Waals surface area contributed by atoms with Crippen LogP contribution in [-0.4, -0.2) is 54.2 Å². The molecule has 2 heterocycles. The van der Waals surface area contributed by atoms with E-state index in [0.717, 1.165) is 37.3 Å². The van der Waals surface area contributed by atoms with Crippen LogP contribution in [0.15, 0.2) is 48.5 Å². The molecule has 0 atom stereocenters. The van der Waals surface area contributed by atoms with Gasteiger partial charge in [0.15, 0.2) is 0 Å². The Balaban J connectivity index is 1.24. The zero-order valence-corrected chi connectivity index (χ0v) is 17.3. The van der Waals surface area contributed by atoms with E-state index in [1.165, 1.54) is 19.0 Å². The minimum atomic E-state index is -0.330. The van der Waals surface area contributed by atoms with E-state index >= 15 is 0 Å². The van der Waals surface area contributed by atoms with Crippen LogP contribution in [0.1, 0.15) is 45.5 Å². The van der Waals surface area contributed by atoms with Crippen LogP contribution in [0, 0.1) is 5.92 Å². The van der Waals surface area contributed by atoms with Gasteiger partial charge in [0.05, 0.1) is 17.7 Å². The number of piperidine rings is 1. The molecule has 3 amide bonds. The van der Waals surface area contributed by atoms with Crippen molar-refractivity contribution in [3.05, 3.63) is 65.2 Å². The van der Waals surface area contributed by atoms with Crippen LogP contribution in [-0.2, 0) is 11.2 Å². The zero-order chi connectivity index (χ0) is 21.1. The average molecular weight is 405 g/mol. The van der Waals surface area contributed by atoms with Crippen molar-refractivity contribution >= 4 is 23.4 Å². The van der Waals surface area contributed by atoms with Crippen molar-refractivity contribution in [1.29, 1.82) is 0 Å². The molecule has 1 fully saturated rings. The Bertz CT molecular complexity index is 949. The maximum atomic E-state index is 12.5. The van der Waals surface area contributed by atoms with Crippen molar-refractivity contribution in [2.45, 2.75) is 25.7 Å². The molecule has 4 rings (SSSR count). The topological polar surface area (TPSA) is 69.7 Å². The lowest BCUT2D eigenvalue weighted by Gasteiger charge is -2.31. The maximum absolute atomic E-state index is 12.5. The van der Waals surface area contributed by atoms with E-state index in [1.807, 2.05) is 6.07 Å². The van der Waals surface area contributed by atoms with Crippen molar-refractivity contribution in [2.75, 3.05) is 32.0 Å². The Hall–Kier alpha value is -2.99. The van der Waals surface area contributed by atoms with Crippen molar-refractivity contribution in [3.8, 4) is 0 Å². The number of rotatable bonds is 6. The molecule has 2 aromatic carbocycles. The Morgan fingerprint density at radius 3 is 2.43 bits per heavy atom. The molecule has 0 saturated carbocycles. The largest absolute Gasteiger partial charge is 0.325 e. The smallest absolute Gasteiger partial charge is 0.261 e. The first-order valence-electron chi connectivity index (χ1n) is 10.5. The maximum Gasteiger partial charge on any atom is 0.261 e. The predicted octanol–water partition coefficient (Wildman–Crippen LogP) is 3.20. The summed E-state index contributed by atoms with van der Waals surface area (Å²) in [5.41, 5.74) is 2.67. The summed E-state index contributed by atoms with van der Waals surface area (Å²) in [7, 11) is 1.46. The zero-order valence-electron chi connectivity index (χ0n) is 17.3. The summed E-state index contributed by atoms with van der Waals surface area (Å²) >= 11 is 0. The lowest BCUT2D eigenvalue weighted by molar-refractivity contribution is -0.117. The molecule has 1 N–H and O–H groups in total. The summed E-state index contributed by atoms with van der Waals surface area (Å²) in [5.74, 6) is -0.0173. The number of nitrogens with zero attached hydrogens (tertiary/aromatic N) is 2. The average Bonchev–Trinajstić information content (AvgIpc) is 2.97. The first-order chi connectivity index (χ1) is 14.5. The van der Waals surface area contributed by atoms with E-state index in [-0.39, 0.29) is 17.7 Å². The molecule has 0 radical (unpaired) electrons. The van der Waals surface area contributed by atoms with Crippen LogP contribution < -0.4 is 5.32 Å². The molecule has 30 heavy (non-hydrogen) atoms. The molecule has 6 heteroatoms. The molecular weight excluding hydrogens is 378 g/mol. The first-order valence-corrected chi connectivity index (χ1v) is 10.5. The summed E-state index contributed by atoms with van der Waals surface area (Å²) in [6.45, 7) is 2.19. The molecule has 0 aliphatic carbocycles. The van der Waals surface area contributed by atoms with Crippen molar-refractivity contribution < 1.29 is 14.4 Å². The number of carbonyl (C=O) groups excluding carboxylic acids is 3. The number of benzene rings is 2. The summed E-state index contributed by atoms with van der Waals surface area (Å²) in [4.78, 5) is 39.8. The summed E-state index contributed by atoms with van der Waals surface area (Å²) < 4.78 is 0. The van der Waals surface area contributed by atoms with Crippen LogP contribution in [0.5, 0.6) is 0 Å². The van der Waals surface area contributed by atoms with E-state index in [0.29, 0.717) is 29.3 Å². The van der Waals surface area contributed by atoms with E-state index in [2.05, 4.69) is 34.5 Å². The monoisotopic (exact) mass is 405 g/mol. The summed E-state index contributed by atoms with van der Waals surface area (Å²) in [6.07, 6.45) is 4.53. The fraction of sp³-hybridized carbons (Fsp3) is 0.375. The van der Waals surface area contributed by atoms with Gasteiger partial charge in [0, 0.05) is 12.7 Å². The molecule has 2 aliphatic rings. The fourth-order valence-corrected chi connectivity index (χ4v) is 4.29. The Morgan fingerprint density at radius 1 is 1.00 bits per heavy atom. The van der Waals surface area contributed by atoms with Crippen molar-refractivity contribution in [1.82, 2.24) is 9.80 Å². The number of fused-ring (bicyclic) bond motifs is 1. The third-order valence-corrected chi connectivity index (χ3v) is 6.13. The third-order valence-electron chi connectivity index (χ3n) is 6.13. The van der Waals surface area contributed by atoms with Gasteiger partial charge in [0.2, 0.25) is 5.91 Å². The van der Waals surface area contributed by atoms with Crippen LogP contribution in [0.3, 0.4) is 0 Å². The highest BCUT2D eigenvalue weighted by molar-refractivity contribution is 6.21. The van der Waals surface area contributed by atoms with Crippen LogP contribution >= 0.6 is 0 Å². The van der Waals surface area contributed by atoms with Crippen molar-refractivity contribution in [2.24, 2.45) is 5.92 Å². The first kappa shape index (κ1) is 20.3. The second kappa shape index (κ2) is 8.79. The van der Waals surface area contributed by atoms with Gasteiger partial charge < -0.3 is 5.32 Å². The van der Waals surface area contributed by atoms with E-state index in [4.69, 9.17) is 0 Å². The highest BCUT2D eigenvalue weighted by Gasteiger charge is 2.32. The molecule has 2 aliphatic heterocycles. The number of hydrogen-bond acceptors (Lipinski definition) is 4. The van der Waals surface area contributed by atoms with Gasteiger partial charge in [-0.3, -0.25) is 24.2 Å². The predicted molar refractivity (Wildman–Crippen MR) is 115 cm³/mol. The normalized spacial score (nSPS) is 17.3. The van der Waals surface area contributed by atoms with Gasteiger partial charge in [-0.15, -0.1) is 0 Å². The Morgan fingerprint density at radius 2 is 1.70 bits per heavy atom. The third kappa shape index (κ3) is 4.44. The lowest BCUT2D eigenvalue weighted by Crippen LogP contribution is -2.39. The van der Waals surface area contributed by atoms with Gasteiger partial charge >= 0.3 is 0 Å². The highest BCUT2D eigenvalue weighted by Crippen LogP contribution is 2.25. The van der Waals surface area contributed by atoms with Gasteiger partial charge in [0.25, 0.3) is 11.8 Å². The molecule has 0 bridgehead atoms. The Labute approximate surface area is 176 Å². The second-order valence-corrected chi connectivity index (χ2v) is 8.22. The lowest BCUT2D eigenvalue weighted by atomic mass is 9.90. The molecule has 0 spiro atoms. The number of likely N-dealkylation sites (tertiary alicyclic amines) is 1. The van der Waals surface area contributed by atoms with Crippen LogP contribution in [0.25, 0.3) is 0 Å². The molecule has 0 aromatic heterocycles. The van der Waals surface area contributed by atoms with Gasteiger partial charge in [-0.1, -0.05) is 30.3 Å². The number of nitrogens with one attached hydrogen (secondary N) is 1. The SMILES string of the molecule is CN1C(=O)c2ccc(NC(=O)CN3CCC(CCc4ccccc4)CC3)cc2C1=O. The number of imide groups is 1.